The molecule has 0 bridgehead atoms. The van der Waals surface area contributed by atoms with Crippen LogP contribution in [-0.2, 0) is 6.54 Å². The second-order valence-corrected chi connectivity index (χ2v) is 5.20. The molecule has 0 aromatic heterocycles. The molecule has 0 radical (unpaired) electrons. The first-order chi connectivity index (χ1) is 9.06. The summed E-state index contributed by atoms with van der Waals surface area (Å²) in [4.78, 5) is 0. The van der Waals surface area contributed by atoms with E-state index < -0.39 is 0 Å². The third-order valence-electron chi connectivity index (χ3n) is 3.15. The van der Waals surface area contributed by atoms with E-state index in [0.717, 1.165) is 23.2 Å². The SMILES string of the molecule is Cc1ccc(F)cc1-c1cccc(CNC(C)C)c1. The number of halogens is 1. The zero-order chi connectivity index (χ0) is 13.8. The fraction of sp³-hybridized carbons (Fsp3) is 0.294. The van der Waals surface area contributed by atoms with Gasteiger partial charge in [-0.1, -0.05) is 38.1 Å². The molecule has 0 aliphatic rings. The third kappa shape index (κ3) is 3.65. The van der Waals surface area contributed by atoms with Crippen LogP contribution in [0.3, 0.4) is 0 Å². The van der Waals surface area contributed by atoms with E-state index in [4.69, 9.17) is 0 Å². The molecule has 2 aromatic carbocycles. The molecule has 0 saturated heterocycles. The Bertz CT molecular complexity index is 561. The molecule has 0 fully saturated rings. The molecule has 0 aliphatic carbocycles. The monoisotopic (exact) mass is 257 g/mol. The molecule has 19 heavy (non-hydrogen) atoms. The summed E-state index contributed by atoms with van der Waals surface area (Å²) in [6.07, 6.45) is 0. The molecule has 0 saturated carbocycles. The fourth-order valence-electron chi connectivity index (χ4n) is 2.08. The second-order valence-electron chi connectivity index (χ2n) is 5.20. The minimum absolute atomic E-state index is 0.189. The van der Waals surface area contributed by atoms with Crippen molar-refractivity contribution >= 4 is 0 Å². The topological polar surface area (TPSA) is 12.0 Å². The number of hydrogen-bond donors (Lipinski definition) is 1. The van der Waals surface area contributed by atoms with Crippen molar-refractivity contribution in [3.05, 3.63) is 59.4 Å². The maximum atomic E-state index is 13.4. The van der Waals surface area contributed by atoms with Crippen LogP contribution >= 0.6 is 0 Å². The maximum Gasteiger partial charge on any atom is 0.123 e. The van der Waals surface area contributed by atoms with Crippen LogP contribution in [0.25, 0.3) is 11.1 Å². The number of nitrogens with one attached hydrogen (secondary N) is 1. The molecule has 2 rings (SSSR count). The van der Waals surface area contributed by atoms with Crippen LogP contribution in [0.2, 0.25) is 0 Å². The lowest BCUT2D eigenvalue weighted by atomic mass is 9.98. The highest BCUT2D eigenvalue weighted by Crippen LogP contribution is 2.25. The Morgan fingerprint density at radius 1 is 1.11 bits per heavy atom. The molecule has 0 unspecified atom stereocenters. The van der Waals surface area contributed by atoms with Crippen LogP contribution in [0, 0.1) is 12.7 Å². The van der Waals surface area contributed by atoms with Crippen molar-refractivity contribution in [2.24, 2.45) is 0 Å². The first kappa shape index (κ1) is 13.8. The van der Waals surface area contributed by atoms with Crippen LogP contribution in [0.4, 0.5) is 4.39 Å². The lowest BCUT2D eigenvalue weighted by Crippen LogP contribution is -2.21. The molecule has 100 valence electrons. The highest BCUT2D eigenvalue weighted by atomic mass is 19.1. The zero-order valence-corrected chi connectivity index (χ0v) is 11.7. The number of hydrogen-bond acceptors (Lipinski definition) is 1. The standard InChI is InChI=1S/C17H20FN/c1-12(2)19-11-14-5-4-6-15(9-14)17-10-16(18)8-7-13(17)3/h4-10,12,19H,11H2,1-3H3. The van der Waals surface area contributed by atoms with Crippen LogP contribution < -0.4 is 5.32 Å². The summed E-state index contributed by atoms with van der Waals surface area (Å²) in [7, 11) is 0. The maximum absolute atomic E-state index is 13.4. The lowest BCUT2D eigenvalue weighted by molar-refractivity contribution is 0.589. The van der Waals surface area contributed by atoms with E-state index >= 15 is 0 Å². The van der Waals surface area contributed by atoms with E-state index in [0.29, 0.717) is 6.04 Å². The highest BCUT2D eigenvalue weighted by molar-refractivity contribution is 5.67. The van der Waals surface area contributed by atoms with Crippen LogP contribution in [-0.4, -0.2) is 6.04 Å². The van der Waals surface area contributed by atoms with Gasteiger partial charge >= 0.3 is 0 Å². The zero-order valence-electron chi connectivity index (χ0n) is 11.7. The summed E-state index contributed by atoms with van der Waals surface area (Å²) in [5.41, 5.74) is 4.34. The van der Waals surface area contributed by atoms with Gasteiger partial charge in [0, 0.05) is 12.6 Å². The normalized spacial score (nSPS) is 11.0. The van der Waals surface area contributed by atoms with Crippen molar-refractivity contribution in [3.8, 4) is 11.1 Å². The molecular formula is C17H20FN. The minimum Gasteiger partial charge on any atom is -0.310 e. The highest BCUT2D eigenvalue weighted by Gasteiger charge is 2.04. The molecule has 0 atom stereocenters. The van der Waals surface area contributed by atoms with Gasteiger partial charge in [-0.15, -0.1) is 0 Å². The van der Waals surface area contributed by atoms with Crippen molar-refractivity contribution in [2.45, 2.75) is 33.4 Å². The van der Waals surface area contributed by atoms with Crippen molar-refractivity contribution in [1.82, 2.24) is 5.32 Å². The Labute approximate surface area is 114 Å². The van der Waals surface area contributed by atoms with Crippen molar-refractivity contribution in [1.29, 1.82) is 0 Å². The molecule has 2 aromatic rings. The Hall–Kier alpha value is -1.67. The summed E-state index contributed by atoms with van der Waals surface area (Å²) in [5.74, 6) is -0.189. The van der Waals surface area contributed by atoms with E-state index in [1.54, 1.807) is 6.07 Å². The minimum atomic E-state index is -0.189. The van der Waals surface area contributed by atoms with Gasteiger partial charge in [-0.25, -0.2) is 4.39 Å². The average molecular weight is 257 g/mol. The first-order valence-corrected chi connectivity index (χ1v) is 6.65. The van der Waals surface area contributed by atoms with E-state index in [-0.39, 0.29) is 5.82 Å². The Morgan fingerprint density at radius 2 is 1.89 bits per heavy atom. The molecule has 0 heterocycles. The van der Waals surface area contributed by atoms with Gasteiger partial charge in [0.1, 0.15) is 5.82 Å². The van der Waals surface area contributed by atoms with Gasteiger partial charge in [-0.05, 0) is 47.4 Å². The van der Waals surface area contributed by atoms with Gasteiger partial charge in [-0.3, -0.25) is 0 Å². The largest absolute Gasteiger partial charge is 0.310 e. The van der Waals surface area contributed by atoms with E-state index in [1.165, 1.54) is 11.6 Å². The molecule has 1 nitrogen and oxygen atoms in total. The summed E-state index contributed by atoms with van der Waals surface area (Å²) in [5, 5.41) is 3.39. The van der Waals surface area contributed by atoms with Gasteiger partial charge in [0.05, 0.1) is 0 Å². The predicted molar refractivity (Wildman–Crippen MR) is 78.5 cm³/mol. The molecule has 0 spiro atoms. The van der Waals surface area contributed by atoms with Gasteiger partial charge in [0.15, 0.2) is 0 Å². The van der Waals surface area contributed by atoms with Gasteiger partial charge in [0.25, 0.3) is 0 Å². The summed E-state index contributed by atoms with van der Waals surface area (Å²) >= 11 is 0. The van der Waals surface area contributed by atoms with Gasteiger partial charge in [0.2, 0.25) is 0 Å². The third-order valence-corrected chi connectivity index (χ3v) is 3.15. The first-order valence-electron chi connectivity index (χ1n) is 6.65. The average Bonchev–Trinajstić information content (AvgIpc) is 2.39. The molecule has 0 amide bonds. The van der Waals surface area contributed by atoms with Crippen LogP contribution in [0.15, 0.2) is 42.5 Å². The van der Waals surface area contributed by atoms with Crippen LogP contribution in [0.5, 0.6) is 0 Å². The Balaban J connectivity index is 2.29. The second kappa shape index (κ2) is 5.98. The number of rotatable bonds is 4. The van der Waals surface area contributed by atoms with E-state index in [2.05, 4.69) is 31.3 Å². The van der Waals surface area contributed by atoms with E-state index in [1.807, 2.05) is 25.1 Å². The molecule has 1 N–H and O–H groups in total. The Kier molecular flexibility index (Phi) is 4.33. The smallest absolute Gasteiger partial charge is 0.123 e. The van der Waals surface area contributed by atoms with E-state index in [9.17, 15) is 4.39 Å². The van der Waals surface area contributed by atoms with Gasteiger partial charge in [-0.2, -0.15) is 0 Å². The van der Waals surface area contributed by atoms with Crippen molar-refractivity contribution in [3.63, 3.8) is 0 Å². The van der Waals surface area contributed by atoms with Crippen molar-refractivity contribution in [2.75, 3.05) is 0 Å². The summed E-state index contributed by atoms with van der Waals surface area (Å²) < 4.78 is 13.4. The predicted octanol–water partition coefficient (Wildman–Crippen LogP) is 4.30. The molecular weight excluding hydrogens is 237 g/mol. The lowest BCUT2D eigenvalue weighted by Gasteiger charge is -2.11. The molecule has 0 aliphatic heterocycles. The van der Waals surface area contributed by atoms with Crippen LogP contribution in [0.1, 0.15) is 25.0 Å². The fourth-order valence-corrected chi connectivity index (χ4v) is 2.08. The summed E-state index contributed by atoms with van der Waals surface area (Å²) in [6, 6.07) is 13.7. The number of benzene rings is 2. The van der Waals surface area contributed by atoms with Gasteiger partial charge < -0.3 is 5.32 Å². The summed E-state index contributed by atoms with van der Waals surface area (Å²) in [6.45, 7) is 7.09. The molecule has 2 heteroatoms. The quantitative estimate of drug-likeness (QED) is 0.861. The van der Waals surface area contributed by atoms with Crippen molar-refractivity contribution < 1.29 is 4.39 Å². The Morgan fingerprint density at radius 3 is 2.63 bits per heavy atom. The number of aryl methyl sites for hydroxylation is 1.